The molecule has 1 aromatic heterocycles. The Morgan fingerprint density at radius 2 is 1.92 bits per heavy atom. The van der Waals surface area contributed by atoms with Gasteiger partial charge in [-0.05, 0) is 43.2 Å². The van der Waals surface area contributed by atoms with Crippen LogP contribution in [0.15, 0.2) is 35.7 Å². The van der Waals surface area contributed by atoms with Crippen molar-refractivity contribution in [2.24, 2.45) is 0 Å². The van der Waals surface area contributed by atoms with Crippen LogP contribution in [0.4, 0.5) is 0 Å². The Bertz CT molecular complexity index is 709. The zero-order valence-corrected chi connectivity index (χ0v) is 14.4. The van der Waals surface area contributed by atoms with Gasteiger partial charge in [-0.25, -0.2) is 4.79 Å². The van der Waals surface area contributed by atoms with E-state index in [2.05, 4.69) is 5.32 Å². The first kappa shape index (κ1) is 16.7. The van der Waals surface area contributed by atoms with Crippen LogP contribution < -0.4 is 5.32 Å². The zero-order chi connectivity index (χ0) is 16.8. The molecule has 0 saturated carbocycles. The number of fused-ring (bicyclic) bond motifs is 1. The average Bonchev–Trinajstić information content (AvgIpc) is 3.05. The minimum atomic E-state index is -0.382. The summed E-state index contributed by atoms with van der Waals surface area (Å²) >= 11 is 1.62. The molecule has 0 saturated heterocycles. The van der Waals surface area contributed by atoms with E-state index in [4.69, 9.17) is 4.74 Å². The fraction of sp³-hybridized carbons (Fsp3) is 0.368. The molecular formula is C19H21NO3S. The second kappa shape index (κ2) is 8.11. The maximum absolute atomic E-state index is 12.2. The molecule has 1 aliphatic rings. The van der Waals surface area contributed by atoms with Gasteiger partial charge in [0.05, 0.1) is 5.56 Å². The zero-order valence-electron chi connectivity index (χ0n) is 13.5. The number of carbonyl (C=O) groups excluding carboxylic acids is 2. The van der Waals surface area contributed by atoms with Gasteiger partial charge >= 0.3 is 5.97 Å². The number of nitrogens with one attached hydrogen (secondary N) is 1. The highest BCUT2D eigenvalue weighted by atomic mass is 32.1. The smallest absolute Gasteiger partial charge is 0.339 e. The molecule has 3 rings (SSSR count). The first-order valence-corrected chi connectivity index (χ1v) is 9.19. The predicted molar refractivity (Wildman–Crippen MR) is 94.4 cm³/mol. The van der Waals surface area contributed by atoms with Crippen molar-refractivity contribution in [3.63, 3.8) is 0 Å². The SMILES string of the molecule is O=C(COC(=O)c1csc2c1CCCC2)NCCc1ccccc1. The molecule has 1 aliphatic carbocycles. The molecule has 0 fully saturated rings. The van der Waals surface area contributed by atoms with E-state index < -0.39 is 0 Å². The summed E-state index contributed by atoms with van der Waals surface area (Å²) < 4.78 is 5.17. The summed E-state index contributed by atoms with van der Waals surface area (Å²) in [6, 6.07) is 9.95. The molecule has 0 radical (unpaired) electrons. The molecule has 0 bridgehead atoms. The molecule has 4 nitrogen and oxygen atoms in total. The lowest BCUT2D eigenvalue weighted by Crippen LogP contribution is -2.30. The van der Waals surface area contributed by atoms with Crippen molar-refractivity contribution >= 4 is 23.2 Å². The molecule has 24 heavy (non-hydrogen) atoms. The van der Waals surface area contributed by atoms with Crippen LogP contribution in [0.5, 0.6) is 0 Å². The summed E-state index contributed by atoms with van der Waals surface area (Å²) in [5.74, 6) is -0.643. The summed E-state index contributed by atoms with van der Waals surface area (Å²) in [6.45, 7) is 0.312. The third-order valence-electron chi connectivity index (χ3n) is 4.19. The Morgan fingerprint density at radius 1 is 1.12 bits per heavy atom. The number of esters is 1. The van der Waals surface area contributed by atoms with Gasteiger partial charge in [0.25, 0.3) is 5.91 Å². The van der Waals surface area contributed by atoms with E-state index in [1.165, 1.54) is 16.9 Å². The fourth-order valence-corrected chi connectivity index (χ4v) is 4.03. The Hall–Kier alpha value is -2.14. The van der Waals surface area contributed by atoms with E-state index >= 15 is 0 Å². The van der Waals surface area contributed by atoms with E-state index in [1.807, 2.05) is 35.7 Å². The lowest BCUT2D eigenvalue weighted by atomic mass is 9.96. The second-order valence-corrected chi connectivity index (χ2v) is 6.88. The van der Waals surface area contributed by atoms with E-state index in [0.29, 0.717) is 12.1 Å². The lowest BCUT2D eigenvalue weighted by molar-refractivity contribution is -0.124. The highest BCUT2D eigenvalue weighted by Crippen LogP contribution is 2.30. The van der Waals surface area contributed by atoms with Gasteiger partial charge in [0.15, 0.2) is 6.61 Å². The van der Waals surface area contributed by atoms with Crippen molar-refractivity contribution in [3.05, 3.63) is 57.3 Å². The van der Waals surface area contributed by atoms with Crippen molar-refractivity contribution in [2.45, 2.75) is 32.1 Å². The van der Waals surface area contributed by atoms with Crippen molar-refractivity contribution < 1.29 is 14.3 Å². The van der Waals surface area contributed by atoms with Gasteiger partial charge in [-0.3, -0.25) is 4.79 Å². The number of thiophene rings is 1. The molecular weight excluding hydrogens is 322 g/mol. The van der Waals surface area contributed by atoms with Gasteiger partial charge in [-0.2, -0.15) is 0 Å². The molecule has 0 unspecified atom stereocenters. The maximum atomic E-state index is 12.2. The highest BCUT2D eigenvalue weighted by Gasteiger charge is 2.21. The van der Waals surface area contributed by atoms with Crippen LogP contribution in [0.25, 0.3) is 0 Å². The van der Waals surface area contributed by atoms with Gasteiger partial charge in [0.1, 0.15) is 0 Å². The molecule has 1 amide bonds. The topological polar surface area (TPSA) is 55.4 Å². The molecule has 0 spiro atoms. The molecule has 1 heterocycles. The molecule has 1 N–H and O–H groups in total. The van der Waals surface area contributed by atoms with Gasteiger partial charge in [0, 0.05) is 16.8 Å². The molecule has 5 heteroatoms. The fourth-order valence-electron chi connectivity index (χ4n) is 2.92. The Labute approximate surface area is 145 Å². The number of carbonyl (C=O) groups is 2. The predicted octanol–water partition coefficient (Wildman–Crippen LogP) is 3.14. The van der Waals surface area contributed by atoms with E-state index in [-0.39, 0.29) is 18.5 Å². The first-order chi connectivity index (χ1) is 11.7. The standard InChI is InChI=1S/C19H21NO3S/c21-18(20-11-10-14-6-2-1-3-7-14)12-23-19(22)16-13-24-17-9-5-4-8-15(16)17/h1-3,6-7,13H,4-5,8-12H2,(H,20,21). The second-order valence-electron chi connectivity index (χ2n) is 5.92. The van der Waals surface area contributed by atoms with E-state index in [9.17, 15) is 9.59 Å². The van der Waals surface area contributed by atoms with Crippen molar-refractivity contribution in [2.75, 3.05) is 13.2 Å². The van der Waals surface area contributed by atoms with Crippen molar-refractivity contribution in [1.29, 1.82) is 0 Å². The number of amides is 1. The largest absolute Gasteiger partial charge is 0.452 e. The number of hydrogen-bond acceptors (Lipinski definition) is 4. The van der Waals surface area contributed by atoms with Gasteiger partial charge in [-0.15, -0.1) is 11.3 Å². The summed E-state index contributed by atoms with van der Waals surface area (Å²) in [5.41, 5.74) is 2.94. The summed E-state index contributed by atoms with van der Waals surface area (Å²) in [4.78, 5) is 25.3. The molecule has 0 atom stereocenters. The van der Waals surface area contributed by atoms with Crippen LogP contribution >= 0.6 is 11.3 Å². The van der Waals surface area contributed by atoms with Crippen LogP contribution in [-0.2, 0) is 28.8 Å². The third-order valence-corrected chi connectivity index (χ3v) is 5.28. The first-order valence-electron chi connectivity index (χ1n) is 8.31. The van der Waals surface area contributed by atoms with Crippen LogP contribution in [0.2, 0.25) is 0 Å². The summed E-state index contributed by atoms with van der Waals surface area (Å²) in [6.07, 6.45) is 5.05. The van der Waals surface area contributed by atoms with Crippen LogP contribution in [0.1, 0.15) is 39.2 Å². The number of ether oxygens (including phenoxy) is 1. The van der Waals surface area contributed by atoms with Gasteiger partial charge in [0.2, 0.25) is 0 Å². The third kappa shape index (κ3) is 4.23. The Balaban J connectivity index is 1.43. The summed E-state index contributed by atoms with van der Waals surface area (Å²) in [7, 11) is 0. The minimum absolute atomic E-state index is 0.224. The minimum Gasteiger partial charge on any atom is -0.452 e. The molecule has 2 aromatic rings. The molecule has 0 aliphatic heterocycles. The quantitative estimate of drug-likeness (QED) is 0.820. The van der Waals surface area contributed by atoms with Crippen molar-refractivity contribution in [1.82, 2.24) is 5.32 Å². The van der Waals surface area contributed by atoms with Crippen LogP contribution in [-0.4, -0.2) is 25.0 Å². The maximum Gasteiger partial charge on any atom is 0.339 e. The summed E-state index contributed by atoms with van der Waals surface area (Å²) in [5, 5.41) is 4.65. The number of hydrogen-bond donors (Lipinski definition) is 1. The number of aryl methyl sites for hydroxylation is 1. The lowest BCUT2D eigenvalue weighted by Gasteiger charge is -2.12. The number of benzene rings is 1. The van der Waals surface area contributed by atoms with Gasteiger partial charge in [-0.1, -0.05) is 30.3 Å². The van der Waals surface area contributed by atoms with E-state index in [1.54, 1.807) is 11.3 Å². The van der Waals surface area contributed by atoms with E-state index in [0.717, 1.165) is 31.2 Å². The van der Waals surface area contributed by atoms with Crippen LogP contribution in [0.3, 0.4) is 0 Å². The molecule has 126 valence electrons. The monoisotopic (exact) mass is 343 g/mol. The number of rotatable bonds is 6. The molecule has 1 aromatic carbocycles. The van der Waals surface area contributed by atoms with Crippen LogP contribution in [0, 0.1) is 0 Å². The average molecular weight is 343 g/mol. The Morgan fingerprint density at radius 3 is 2.75 bits per heavy atom. The highest BCUT2D eigenvalue weighted by molar-refractivity contribution is 7.10. The Kier molecular flexibility index (Phi) is 5.64. The normalized spacial score (nSPS) is 13.2. The van der Waals surface area contributed by atoms with Crippen molar-refractivity contribution in [3.8, 4) is 0 Å². The van der Waals surface area contributed by atoms with Gasteiger partial charge < -0.3 is 10.1 Å².